The van der Waals surface area contributed by atoms with Gasteiger partial charge in [0.25, 0.3) is 5.91 Å². The molecule has 4 N–H and O–H groups in total. The molecule has 1 atom stereocenters. The minimum Gasteiger partial charge on any atom is -0.357 e. The summed E-state index contributed by atoms with van der Waals surface area (Å²) in [6.07, 6.45) is 2.73. The standard InChI is InChI=1S/C21H23F3N6O2/c1-9-17-18(25-10(2)19(31)29-17)30-21(26-9)28-13-5-3-12(4-6-13)27-20(32)11-7-14(22)16(24)15(23)8-11/h7-8,10,12-13H,3-6H2,1-2H3,(H,27,32)(H,29,31)(H2,25,26,28,30)/t10-,12?,13?/m0/s1. The van der Waals surface area contributed by atoms with Crippen LogP contribution in [0.25, 0.3) is 0 Å². The molecule has 0 radical (unpaired) electrons. The molecule has 11 heteroatoms. The summed E-state index contributed by atoms with van der Waals surface area (Å²) in [5.74, 6) is -4.17. The Morgan fingerprint density at radius 1 is 1.06 bits per heavy atom. The van der Waals surface area contributed by atoms with Crippen molar-refractivity contribution in [3.05, 3.63) is 40.8 Å². The molecule has 0 bridgehead atoms. The van der Waals surface area contributed by atoms with Crippen LogP contribution >= 0.6 is 0 Å². The van der Waals surface area contributed by atoms with Crippen LogP contribution in [-0.2, 0) is 4.79 Å². The average molecular weight is 448 g/mol. The Morgan fingerprint density at radius 3 is 2.34 bits per heavy atom. The number of anilines is 3. The lowest BCUT2D eigenvalue weighted by atomic mass is 9.91. The first-order chi connectivity index (χ1) is 15.2. The van der Waals surface area contributed by atoms with Gasteiger partial charge >= 0.3 is 0 Å². The Labute approximate surface area is 182 Å². The lowest BCUT2D eigenvalue weighted by molar-refractivity contribution is -0.116. The van der Waals surface area contributed by atoms with Crippen LogP contribution < -0.4 is 21.3 Å². The van der Waals surface area contributed by atoms with Gasteiger partial charge in [0.15, 0.2) is 23.3 Å². The Hall–Kier alpha value is -3.37. The van der Waals surface area contributed by atoms with E-state index in [9.17, 15) is 22.8 Å². The Kier molecular flexibility index (Phi) is 5.90. The molecular formula is C21H23F3N6O2. The van der Waals surface area contributed by atoms with Gasteiger partial charge in [0, 0.05) is 17.6 Å². The number of benzene rings is 1. The normalized spacial score (nSPS) is 22.4. The van der Waals surface area contributed by atoms with E-state index in [4.69, 9.17) is 0 Å². The van der Waals surface area contributed by atoms with Gasteiger partial charge in [-0.1, -0.05) is 0 Å². The Morgan fingerprint density at radius 2 is 1.69 bits per heavy atom. The van der Waals surface area contributed by atoms with E-state index < -0.39 is 29.4 Å². The second-order valence-electron chi connectivity index (χ2n) is 8.13. The summed E-state index contributed by atoms with van der Waals surface area (Å²) in [4.78, 5) is 33.0. The van der Waals surface area contributed by atoms with E-state index in [0.717, 1.165) is 12.8 Å². The van der Waals surface area contributed by atoms with Gasteiger partial charge in [-0.15, -0.1) is 0 Å². The van der Waals surface area contributed by atoms with E-state index in [1.165, 1.54) is 0 Å². The zero-order chi connectivity index (χ0) is 23.0. The van der Waals surface area contributed by atoms with E-state index in [-0.39, 0.29) is 23.6 Å². The van der Waals surface area contributed by atoms with Crippen LogP contribution in [0.2, 0.25) is 0 Å². The van der Waals surface area contributed by atoms with Crippen LogP contribution in [0.4, 0.5) is 30.6 Å². The molecule has 0 unspecified atom stereocenters. The average Bonchev–Trinajstić information content (AvgIpc) is 2.74. The van der Waals surface area contributed by atoms with Gasteiger partial charge in [0.1, 0.15) is 11.7 Å². The van der Waals surface area contributed by atoms with Gasteiger partial charge < -0.3 is 21.3 Å². The maximum absolute atomic E-state index is 13.4. The highest BCUT2D eigenvalue weighted by Crippen LogP contribution is 2.29. The van der Waals surface area contributed by atoms with Crippen LogP contribution in [-0.4, -0.2) is 39.9 Å². The van der Waals surface area contributed by atoms with E-state index in [2.05, 4.69) is 31.2 Å². The first kappa shape index (κ1) is 21.8. The van der Waals surface area contributed by atoms with Crippen LogP contribution in [0.5, 0.6) is 0 Å². The third-order valence-corrected chi connectivity index (χ3v) is 5.73. The molecule has 1 aromatic carbocycles. The monoisotopic (exact) mass is 448 g/mol. The number of nitrogens with one attached hydrogen (secondary N) is 4. The van der Waals surface area contributed by atoms with Gasteiger partial charge in [0.05, 0.1) is 5.69 Å². The number of hydrogen-bond donors (Lipinski definition) is 4. The zero-order valence-electron chi connectivity index (χ0n) is 17.6. The molecule has 2 aromatic rings. The lowest BCUT2D eigenvalue weighted by Gasteiger charge is -2.30. The topological polar surface area (TPSA) is 108 Å². The predicted octanol–water partition coefficient (Wildman–Crippen LogP) is 3.11. The van der Waals surface area contributed by atoms with Gasteiger partial charge in [0.2, 0.25) is 11.9 Å². The maximum Gasteiger partial charge on any atom is 0.251 e. The summed E-state index contributed by atoms with van der Waals surface area (Å²) in [7, 11) is 0. The molecule has 0 saturated heterocycles. The van der Waals surface area contributed by atoms with E-state index in [0.29, 0.717) is 48.1 Å². The molecule has 1 saturated carbocycles. The van der Waals surface area contributed by atoms with Crippen molar-refractivity contribution in [3.63, 3.8) is 0 Å². The predicted molar refractivity (Wildman–Crippen MR) is 112 cm³/mol. The van der Waals surface area contributed by atoms with Crippen LogP contribution in [0, 0.1) is 24.4 Å². The molecule has 32 heavy (non-hydrogen) atoms. The van der Waals surface area contributed by atoms with Gasteiger partial charge in [-0.25, -0.2) is 18.2 Å². The molecule has 1 aliphatic carbocycles. The first-order valence-corrected chi connectivity index (χ1v) is 10.4. The Balaban J connectivity index is 1.34. The van der Waals surface area contributed by atoms with Crippen molar-refractivity contribution >= 4 is 29.3 Å². The smallest absolute Gasteiger partial charge is 0.251 e. The lowest BCUT2D eigenvalue weighted by Crippen LogP contribution is -2.40. The van der Waals surface area contributed by atoms with E-state index in [1.807, 2.05) is 0 Å². The molecule has 2 aliphatic rings. The summed E-state index contributed by atoms with van der Waals surface area (Å²) >= 11 is 0. The van der Waals surface area contributed by atoms with Crippen LogP contribution in [0.3, 0.4) is 0 Å². The number of hydrogen-bond acceptors (Lipinski definition) is 6. The number of nitrogens with zero attached hydrogens (tertiary/aromatic N) is 2. The number of rotatable bonds is 4. The second-order valence-corrected chi connectivity index (χ2v) is 8.13. The fraction of sp³-hybridized carbons (Fsp3) is 0.429. The number of carbonyl (C=O) groups is 2. The molecule has 2 heterocycles. The minimum absolute atomic E-state index is 0.0805. The second kappa shape index (κ2) is 8.64. The summed E-state index contributed by atoms with van der Waals surface area (Å²) in [6, 6.07) is 0.895. The van der Waals surface area contributed by atoms with Crippen molar-refractivity contribution in [2.24, 2.45) is 0 Å². The number of aryl methyl sites for hydroxylation is 1. The molecule has 1 fully saturated rings. The molecule has 2 amide bonds. The van der Waals surface area contributed by atoms with Crippen molar-refractivity contribution < 1.29 is 22.8 Å². The number of aromatic nitrogens is 2. The van der Waals surface area contributed by atoms with Gasteiger partial charge in [-0.3, -0.25) is 9.59 Å². The van der Waals surface area contributed by atoms with E-state index in [1.54, 1.807) is 13.8 Å². The van der Waals surface area contributed by atoms with Crippen molar-refractivity contribution in [2.45, 2.75) is 57.7 Å². The molecule has 8 nitrogen and oxygen atoms in total. The summed E-state index contributed by atoms with van der Waals surface area (Å²) in [5, 5.41) is 11.9. The number of fused-ring (bicyclic) bond motifs is 1. The van der Waals surface area contributed by atoms with Crippen LogP contribution in [0.15, 0.2) is 12.1 Å². The maximum atomic E-state index is 13.4. The first-order valence-electron chi connectivity index (χ1n) is 10.4. The van der Waals surface area contributed by atoms with Crippen molar-refractivity contribution in [3.8, 4) is 0 Å². The SMILES string of the molecule is Cc1nc(NC2CCC(NC(=O)c3cc(F)c(F)c(F)c3)CC2)nc2c1NC(=O)[C@H](C)N2. The van der Waals surface area contributed by atoms with Crippen LogP contribution in [0.1, 0.15) is 48.7 Å². The fourth-order valence-corrected chi connectivity index (χ4v) is 3.91. The molecule has 1 aliphatic heterocycles. The van der Waals surface area contributed by atoms with Gasteiger partial charge in [-0.2, -0.15) is 4.98 Å². The number of halogens is 3. The molecule has 170 valence electrons. The number of carbonyl (C=O) groups excluding carboxylic acids is 2. The molecule has 4 rings (SSSR count). The summed E-state index contributed by atoms with van der Waals surface area (Å²) in [5.41, 5.74) is 0.956. The van der Waals surface area contributed by atoms with Crippen molar-refractivity contribution in [2.75, 3.05) is 16.0 Å². The Bertz CT molecular complexity index is 1050. The zero-order valence-corrected chi connectivity index (χ0v) is 17.6. The quantitative estimate of drug-likeness (QED) is 0.536. The van der Waals surface area contributed by atoms with Crippen molar-refractivity contribution in [1.82, 2.24) is 15.3 Å². The molecular weight excluding hydrogens is 425 g/mol. The summed E-state index contributed by atoms with van der Waals surface area (Å²) < 4.78 is 39.8. The highest BCUT2D eigenvalue weighted by Gasteiger charge is 2.27. The third kappa shape index (κ3) is 4.46. The fourth-order valence-electron chi connectivity index (χ4n) is 3.91. The summed E-state index contributed by atoms with van der Waals surface area (Å²) in [6.45, 7) is 3.53. The number of amides is 2. The highest BCUT2D eigenvalue weighted by atomic mass is 19.2. The minimum atomic E-state index is -1.60. The highest BCUT2D eigenvalue weighted by molar-refractivity contribution is 6.02. The van der Waals surface area contributed by atoms with Crippen molar-refractivity contribution in [1.29, 1.82) is 0 Å². The van der Waals surface area contributed by atoms with Gasteiger partial charge in [-0.05, 0) is 51.7 Å². The van der Waals surface area contributed by atoms with E-state index >= 15 is 0 Å². The molecule has 0 spiro atoms. The third-order valence-electron chi connectivity index (χ3n) is 5.73. The molecule has 1 aromatic heterocycles. The largest absolute Gasteiger partial charge is 0.357 e.